The van der Waals surface area contributed by atoms with E-state index >= 15 is 0 Å². The van der Waals surface area contributed by atoms with Gasteiger partial charge >= 0.3 is 11.9 Å². The van der Waals surface area contributed by atoms with Crippen molar-refractivity contribution in [2.45, 2.75) is 19.1 Å². The summed E-state index contributed by atoms with van der Waals surface area (Å²) in [7, 11) is 0. The molecule has 27 heavy (non-hydrogen) atoms. The van der Waals surface area contributed by atoms with Crippen molar-refractivity contribution in [3.05, 3.63) is 108 Å². The lowest BCUT2D eigenvalue weighted by atomic mass is 9.99. The van der Waals surface area contributed by atoms with Crippen molar-refractivity contribution in [1.29, 1.82) is 0 Å². The summed E-state index contributed by atoms with van der Waals surface area (Å²) in [6.45, 7) is 0.212. The number of hydrogen-bond donors (Lipinski definition) is 0. The summed E-state index contributed by atoms with van der Waals surface area (Å²) >= 11 is 0. The lowest BCUT2D eigenvalue weighted by Crippen LogP contribution is -2.26. The van der Waals surface area contributed by atoms with Gasteiger partial charge in [0.25, 0.3) is 0 Å². The predicted molar refractivity (Wildman–Crippen MR) is 102 cm³/mol. The molecule has 0 saturated heterocycles. The fraction of sp³-hybridized carbons (Fsp3) is 0.130. The third-order valence-electron chi connectivity index (χ3n) is 4.05. The average Bonchev–Trinajstić information content (AvgIpc) is 2.73. The first kappa shape index (κ1) is 18.4. The molecule has 0 N–H and O–H groups in total. The molecule has 0 radical (unpaired) electrons. The van der Waals surface area contributed by atoms with Crippen molar-refractivity contribution >= 4 is 11.9 Å². The second-order valence-electron chi connectivity index (χ2n) is 6.03. The van der Waals surface area contributed by atoms with E-state index in [2.05, 4.69) is 0 Å². The van der Waals surface area contributed by atoms with Crippen molar-refractivity contribution in [2.75, 3.05) is 0 Å². The van der Waals surface area contributed by atoms with Crippen molar-refractivity contribution in [3.8, 4) is 0 Å². The van der Waals surface area contributed by atoms with Crippen LogP contribution in [0.3, 0.4) is 0 Å². The number of carbonyl (C=O) groups is 2. The van der Waals surface area contributed by atoms with Gasteiger partial charge in [0, 0.05) is 0 Å². The Morgan fingerprint density at radius 3 is 1.37 bits per heavy atom. The molecule has 0 aliphatic rings. The first-order valence-corrected chi connectivity index (χ1v) is 8.70. The molecule has 0 aliphatic heterocycles. The zero-order valence-corrected chi connectivity index (χ0v) is 14.8. The quantitative estimate of drug-likeness (QED) is 0.467. The third kappa shape index (κ3) is 5.28. The van der Waals surface area contributed by atoms with E-state index < -0.39 is 17.9 Å². The van der Waals surface area contributed by atoms with Gasteiger partial charge in [0.1, 0.15) is 13.2 Å². The van der Waals surface area contributed by atoms with Crippen molar-refractivity contribution < 1.29 is 19.1 Å². The minimum atomic E-state index is -1.11. The average molecular weight is 360 g/mol. The maximum atomic E-state index is 12.6. The van der Waals surface area contributed by atoms with Crippen LogP contribution < -0.4 is 0 Å². The van der Waals surface area contributed by atoms with Crippen LogP contribution in [0.4, 0.5) is 0 Å². The Labute approximate surface area is 158 Å². The van der Waals surface area contributed by atoms with Gasteiger partial charge in [-0.1, -0.05) is 91.0 Å². The Kier molecular flexibility index (Phi) is 6.36. The lowest BCUT2D eigenvalue weighted by Gasteiger charge is -2.16. The molecule has 136 valence electrons. The zero-order valence-electron chi connectivity index (χ0n) is 14.8. The zero-order chi connectivity index (χ0) is 18.9. The monoisotopic (exact) mass is 360 g/mol. The Balaban J connectivity index is 1.70. The molecule has 0 atom stereocenters. The summed E-state index contributed by atoms with van der Waals surface area (Å²) < 4.78 is 10.8. The van der Waals surface area contributed by atoms with Crippen molar-refractivity contribution in [3.63, 3.8) is 0 Å². The van der Waals surface area contributed by atoms with Crippen LogP contribution >= 0.6 is 0 Å². The van der Waals surface area contributed by atoms with E-state index in [0.717, 1.165) is 11.1 Å². The number of benzene rings is 3. The number of carbonyl (C=O) groups excluding carboxylic acids is 2. The van der Waals surface area contributed by atoms with E-state index in [0.29, 0.717) is 5.56 Å². The first-order chi connectivity index (χ1) is 13.2. The molecule has 0 aromatic heterocycles. The highest BCUT2D eigenvalue weighted by Gasteiger charge is 2.31. The van der Waals surface area contributed by atoms with Crippen molar-refractivity contribution in [2.24, 2.45) is 0 Å². The van der Waals surface area contributed by atoms with Crippen LogP contribution in [0.1, 0.15) is 22.6 Å². The number of rotatable bonds is 7. The molecule has 0 spiro atoms. The fourth-order valence-corrected chi connectivity index (χ4v) is 2.64. The van der Waals surface area contributed by atoms with Crippen LogP contribution in [0, 0.1) is 0 Å². The van der Waals surface area contributed by atoms with Crippen LogP contribution in [0.15, 0.2) is 91.0 Å². The molecule has 3 aromatic rings. The molecule has 4 heteroatoms. The topological polar surface area (TPSA) is 52.6 Å². The molecular weight excluding hydrogens is 340 g/mol. The van der Waals surface area contributed by atoms with Gasteiger partial charge in [0.15, 0.2) is 5.92 Å². The predicted octanol–water partition coefficient (Wildman–Crippen LogP) is 4.26. The number of ether oxygens (including phenoxy) is 2. The van der Waals surface area contributed by atoms with Gasteiger partial charge in [-0.2, -0.15) is 0 Å². The maximum absolute atomic E-state index is 12.6. The minimum absolute atomic E-state index is 0.106. The minimum Gasteiger partial charge on any atom is -0.460 e. The molecule has 4 nitrogen and oxygen atoms in total. The highest BCUT2D eigenvalue weighted by molar-refractivity contribution is 6.00. The highest BCUT2D eigenvalue weighted by atomic mass is 16.6. The van der Waals surface area contributed by atoms with E-state index in [1.807, 2.05) is 66.7 Å². The molecule has 0 heterocycles. The first-order valence-electron chi connectivity index (χ1n) is 8.70. The van der Waals surface area contributed by atoms with Crippen LogP contribution in [0.5, 0.6) is 0 Å². The summed E-state index contributed by atoms with van der Waals surface area (Å²) in [5.74, 6) is -2.36. The standard InChI is InChI=1S/C23H20O4/c24-22(26-16-18-10-4-1-5-11-18)21(20-14-8-3-9-15-20)23(25)27-17-19-12-6-2-7-13-19/h1-15,21H,16-17H2. The second kappa shape index (κ2) is 9.34. The van der Waals surface area contributed by atoms with Gasteiger partial charge < -0.3 is 9.47 Å². The number of hydrogen-bond acceptors (Lipinski definition) is 4. The van der Waals surface area contributed by atoms with Gasteiger partial charge in [-0.15, -0.1) is 0 Å². The summed E-state index contributed by atoms with van der Waals surface area (Å²) in [6, 6.07) is 27.5. The van der Waals surface area contributed by atoms with E-state index in [1.165, 1.54) is 0 Å². The Morgan fingerprint density at radius 1 is 0.593 bits per heavy atom. The Bertz CT molecular complexity index is 805. The summed E-state index contributed by atoms with van der Waals surface area (Å²) in [6.07, 6.45) is 0. The molecule has 3 aromatic carbocycles. The van der Waals surface area contributed by atoms with Crippen LogP contribution in [0.25, 0.3) is 0 Å². The van der Waals surface area contributed by atoms with Crippen LogP contribution in [-0.4, -0.2) is 11.9 Å². The summed E-state index contributed by atoms with van der Waals surface area (Å²) in [4.78, 5) is 25.3. The van der Waals surface area contributed by atoms with Crippen LogP contribution in [0.2, 0.25) is 0 Å². The molecule has 0 aliphatic carbocycles. The molecule has 0 bridgehead atoms. The van der Waals surface area contributed by atoms with Crippen molar-refractivity contribution in [1.82, 2.24) is 0 Å². The smallest absolute Gasteiger partial charge is 0.325 e. The van der Waals surface area contributed by atoms with Gasteiger partial charge in [0.05, 0.1) is 0 Å². The highest BCUT2D eigenvalue weighted by Crippen LogP contribution is 2.21. The SMILES string of the molecule is O=C(OCc1ccccc1)C(C(=O)OCc1ccccc1)c1ccccc1. The van der Waals surface area contributed by atoms with Gasteiger partial charge in [-0.25, -0.2) is 0 Å². The van der Waals surface area contributed by atoms with E-state index in [-0.39, 0.29) is 13.2 Å². The summed E-state index contributed by atoms with van der Waals surface area (Å²) in [5.41, 5.74) is 2.26. The second-order valence-corrected chi connectivity index (χ2v) is 6.03. The van der Waals surface area contributed by atoms with Gasteiger partial charge in [0.2, 0.25) is 0 Å². The molecular formula is C23H20O4. The molecule has 3 rings (SSSR count). The fourth-order valence-electron chi connectivity index (χ4n) is 2.64. The summed E-state index contributed by atoms with van der Waals surface area (Å²) in [5, 5.41) is 0. The van der Waals surface area contributed by atoms with Gasteiger partial charge in [-0.05, 0) is 16.7 Å². The van der Waals surface area contributed by atoms with E-state index in [4.69, 9.17) is 9.47 Å². The molecule has 0 saturated carbocycles. The van der Waals surface area contributed by atoms with E-state index in [9.17, 15) is 9.59 Å². The molecule has 0 unspecified atom stereocenters. The van der Waals surface area contributed by atoms with E-state index in [1.54, 1.807) is 24.3 Å². The Morgan fingerprint density at radius 2 is 0.963 bits per heavy atom. The number of esters is 2. The third-order valence-corrected chi connectivity index (χ3v) is 4.05. The van der Waals surface area contributed by atoms with Crippen LogP contribution in [-0.2, 0) is 32.3 Å². The lowest BCUT2D eigenvalue weighted by molar-refractivity contribution is -0.159. The Hall–Kier alpha value is -3.40. The molecule has 0 fully saturated rings. The largest absolute Gasteiger partial charge is 0.460 e. The molecule has 0 amide bonds. The maximum Gasteiger partial charge on any atom is 0.325 e. The normalized spacial score (nSPS) is 10.4. The van der Waals surface area contributed by atoms with Gasteiger partial charge in [-0.3, -0.25) is 9.59 Å².